The minimum Gasteiger partial charge on any atom is -0.449 e. The van der Waals surface area contributed by atoms with Gasteiger partial charge in [0.25, 0.3) is 0 Å². The van der Waals surface area contributed by atoms with Gasteiger partial charge in [-0.2, -0.15) is 0 Å². The van der Waals surface area contributed by atoms with Crippen molar-refractivity contribution in [1.29, 1.82) is 0 Å². The Labute approximate surface area is 68.4 Å². The van der Waals surface area contributed by atoms with Gasteiger partial charge in [-0.1, -0.05) is 0 Å². The van der Waals surface area contributed by atoms with E-state index < -0.39 is 6.16 Å². The van der Waals surface area contributed by atoms with Gasteiger partial charge in [-0.25, -0.2) is 4.79 Å². The van der Waals surface area contributed by atoms with Crippen molar-refractivity contribution in [2.75, 3.05) is 0 Å². The highest BCUT2D eigenvalue weighted by molar-refractivity contribution is 5.75. The van der Waals surface area contributed by atoms with E-state index in [9.17, 15) is 9.59 Å². The molecular formula is C8H6O4. The molecule has 0 aliphatic heterocycles. The van der Waals surface area contributed by atoms with Gasteiger partial charge in [0, 0.05) is 5.56 Å². The summed E-state index contributed by atoms with van der Waals surface area (Å²) in [5.74, 6) is 0.202. The Kier molecular flexibility index (Phi) is 2.42. The van der Waals surface area contributed by atoms with Crippen LogP contribution < -0.4 is 4.74 Å². The Morgan fingerprint density at radius 3 is 2.33 bits per heavy atom. The first-order chi connectivity index (χ1) is 5.72. The summed E-state index contributed by atoms with van der Waals surface area (Å²) in [7, 11) is 0. The summed E-state index contributed by atoms with van der Waals surface area (Å²) >= 11 is 0. The van der Waals surface area contributed by atoms with Crippen LogP contribution in [0, 0.1) is 0 Å². The van der Waals surface area contributed by atoms with Crippen LogP contribution in [0.25, 0.3) is 0 Å². The second kappa shape index (κ2) is 3.52. The summed E-state index contributed by atoms with van der Waals surface area (Å²) in [6, 6.07) is 5.78. The van der Waals surface area contributed by atoms with Crippen LogP contribution in [0.15, 0.2) is 24.3 Å². The molecule has 0 bridgehead atoms. The maximum absolute atomic E-state index is 10.2. The lowest BCUT2D eigenvalue weighted by Crippen LogP contribution is -2.02. The monoisotopic (exact) mass is 166 g/mol. The van der Waals surface area contributed by atoms with Gasteiger partial charge in [0.15, 0.2) is 0 Å². The van der Waals surface area contributed by atoms with E-state index in [1.807, 2.05) is 0 Å². The minimum atomic E-state index is -1.37. The first-order valence-electron chi connectivity index (χ1n) is 3.18. The molecule has 1 N–H and O–H groups in total. The summed E-state index contributed by atoms with van der Waals surface area (Å²) in [5.41, 5.74) is 0.479. The topological polar surface area (TPSA) is 63.6 Å². The molecule has 1 aromatic rings. The summed E-state index contributed by atoms with van der Waals surface area (Å²) < 4.78 is 4.31. The van der Waals surface area contributed by atoms with Crippen LogP contribution in [0.2, 0.25) is 0 Å². The molecule has 0 saturated heterocycles. The van der Waals surface area contributed by atoms with Gasteiger partial charge in [0.2, 0.25) is 0 Å². The third kappa shape index (κ3) is 2.09. The largest absolute Gasteiger partial charge is 0.511 e. The van der Waals surface area contributed by atoms with Crippen molar-refractivity contribution in [2.45, 2.75) is 0 Å². The van der Waals surface area contributed by atoms with Crippen LogP contribution in [-0.2, 0) is 0 Å². The highest BCUT2D eigenvalue weighted by atomic mass is 16.7. The summed E-state index contributed by atoms with van der Waals surface area (Å²) in [6.07, 6.45) is -0.696. The van der Waals surface area contributed by atoms with E-state index in [4.69, 9.17) is 5.11 Å². The molecule has 0 amide bonds. The number of carbonyl (C=O) groups is 2. The van der Waals surface area contributed by atoms with Crippen LogP contribution in [-0.4, -0.2) is 17.5 Å². The molecular weight excluding hydrogens is 160 g/mol. The predicted octanol–water partition coefficient (Wildman–Crippen LogP) is 1.56. The molecule has 1 aromatic carbocycles. The number of aldehydes is 1. The van der Waals surface area contributed by atoms with E-state index >= 15 is 0 Å². The van der Waals surface area contributed by atoms with E-state index in [1.54, 1.807) is 0 Å². The maximum atomic E-state index is 10.2. The number of benzene rings is 1. The lowest BCUT2D eigenvalue weighted by atomic mass is 10.2. The van der Waals surface area contributed by atoms with Crippen molar-refractivity contribution in [2.24, 2.45) is 0 Å². The number of carbonyl (C=O) groups excluding carboxylic acids is 1. The van der Waals surface area contributed by atoms with Gasteiger partial charge in [-0.3, -0.25) is 4.79 Å². The van der Waals surface area contributed by atoms with E-state index in [0.29, 0.717) is 11.8 Å². The standard InChI is InChI=1S/C8H6O4/c9-5-6-1-3-7(4-2-6)12-8(10)11/h1-5H,(H,10,11). The zero-order chi connectivity index (χ0) is 8.97. The second-order valence-corrected chi connectivity index (χ2v) is 2.05. The van der Waals surface area contributed by atoms with Crippen LogP contribution in [0.5, 0.6) is 5.75 Å². The van der Waals surface area contributed by atoms with Crippen LogP contribution >= 0.6 is 0 Å². The Balaban J connectivity index is 2.77. The fraction of sp³-hybridized carbons (Fsp3) is 0. The Hall–Kier alpha value is -1.84. The molecule has 4 nitrogen and oxygen atoms in total. The normalized spacial score (nSPS) is 9.00. The van der Waals surface area contributed by atoms with Crippen molar-refractivity contribution in [1.82, 2.24) is 0 Å². The average Bonchev–Trinajstić information content (AvgIpc) is 2.05. The molecule has 0 heterocycles. The fourth-order valence-corrected chi connectivity index (χ4v) is 0.715. The van der Waals surface area contributed by atoms with Crippen molar-refractivity contribution in [3.63, 3.8) is 0 Å². The summed E-state index contributed by atoms with van der Waals surface area (Å²) in [5, 5.41) is 8.20. The molecule has 0 atom stereocenters. The molecule has 0 aromatic heterocycles. The first kappa shape index (κ1) is 8.26. The molecule has 0 aliphatic rings. The third-order valence-electron chi connectivity index (χ3n) is 1.22. The van der Waals surface area contributed by atoms with E-state index in [1.165, 1.54) is 24.3 Å². The van der Waals surface area contributed by atoms with Crippen molar-refractivity contribution < 1.29 is 19.4 Å². The Bertz CT molecular complexity index is 288. The smallest absolute Gasteiger partial charge is 0.449 e. The Morgan fingerprint density at radius 2 is 1.92 bits per heavy atom. The van der Waals surface area contributed by atoms with Gasteiger partial charge in [-0.05, 0) is 24.3 Å². The molecule has 0 spiro atoms. The lowest BCUT2D eigenvalue weighted by molar-refractivity contribution is 0.112. The maximum Gasteiger partial charge on any atom is 0.511 e. The highest BCUT2D eigenvalue weighted by Crippen LogP contribution is 2.10. The molecule has 62 valence electrons. The van der Waals surface area contributed by atoms with Crippen LogP contribution in [0.4, 0.5) is 4.79 Å². The number of carboxylic acid groups (broad SMARTS) is 1. The van der Waals surface area contributed by atoms with E-state index in [0.717, 1.165) is 0 Å². The van der Waals surface area contributed by atoms with Gasteiger partial charge >= 0.3 is 6.16 Å². The highest BCUT2D eigenvalue weighted by Gasteiger charge is 1.99. The zero-order valence-corrected chi connectivity index (χ0v) is 6.06. The minimum absolute atomic E-state index is 0.202. The van der Waals surface area contributed by atoms with Crippen molar-refractivity contribution >= 4 is 12.4 Å². The quantitative estimate of drug-likeness (QED) is 0.411. The number of rotatable bonds is 2. The molecule has 0 unspecified atom stereocenters. The molecule has 0 radical (unpaired) electrons. The average molecular weight is 166 g/mol. The van der Waals surface area contributed by atoms with Crippen molar-refractivity contribution in [3.8, 4) is 5.75 Å². The van der Waals surface area contributed by atoms with E-state index in [2.05, 4.69) is 4.74 Å². The summed E-state index contributed by atoms with van der Waals surface area (Å²) in [6.45, 7) is 0. The van der Waals surface area contributed by atoms with Crippen LogP contribution in [0.3, 0.4) is 0 Å². The molecule has 12 heavy (non-hydrogen) atoms. The SMILES string of the molecule is O=Cc1ccc(OC(=O)O)cc1. The van der Waals surface area contributed by atoms with Gasteiger partial charge in [-0.15, -0.1) is 0 Å². The number of ether oxygens (including phenoxy) is 1. The van der Waals surface area contributed by atoms with E-state index in [-0.39, 0.29) is 5.75 Å². The van der Waals surface area contributed by atoms with Gasteiger partial charge in [0.05, 0.1) is 0 Å². The van der Waals surface area contributed by atoms with Crippen LogP contribution in [0.1, 0.15) is 10.4 Å². The van der Waals surface area contributed by atoms with Crippen molar-refractivity contribution in [3.05, 3.63) is 29.8 Å². The van der Waals surface area contributed by atoms with Gasteiger partial charge in [0.1, 0.15) is 12.0 Å². The second-order valence-electron chi connectivity index (χ2n) is 2.05. The predicted molar refractivity (Wildman–Crippen MR) is 40.5 cm³/mol. The molecule has 0 fully saturated rings. The van der Waals surface area contributed by atoms with Gasteiger partial charge < -0.3 is 9.84 Å². The number of hydrogen-bond donors (Lipinski definition) is 1. The third-order valence-corrected chi connectivity index (χ3v) is 1.22. The lowest BCUT2D eigenvalue weighted by Gasteiger charge is -1.97. The fourth-order valence-electron chi connectivity index (χ4n) is 0.715. The molecule has 1 rings (SSSR count). The molecule has 4 heteroatoms. The summed E-state index contributed by atoms with van der Waals surface area (Å²) in [4.78, 5) is 20.2. The zero-order valence-electron chi connectivity index (χ0n) is 6.06. The molecule has 0 saturated carbocycles. The first-order valence-corrected chi connectivity index (χ1v) is 3.18. The molecule has 0 aliphatic carbocycles. The Morgan fingerprint density at radius 1 is 1.33 bits per heavy atom. The number of hydrogen-bond acceptors (Lipinski definition) is 3.